The third-order valence-electron chi connectivity index (χ3n) is 2.88. The van der Waals surface area contributed by atoms with Crippen LogP contribution in [0.1, 0.15) is 30.9 Å². The Labute approximate surface area is 92.6 Å². The number of nitrogens with one attached hydrogen (secondary N) is 1. The SMILES string of the molecule is O=[N+]([O-])c1ccc(F)c([C@@H]2CCCCN2)c1. The van der Waals surface area contributed by atoms with E-state index in [0.29, 0.717) is 5.56 Å². The summed E-state index contributed by atoms with van der Waals surface area (Å²) in [6.45, 7) is 0.840. The second-order valence-electron chi connectivity index (χ2n) is 3.97. The van der Waals surface area contributed by atoms with Crippen LogP contribution in [0.2, 0.25) is 0 Å². The fourth-order valence-corrected chi connectivity index (χ4v) is 2.03. The van der Waals surface area contributed by atoms with Crippen LogP contribution >= 0.6 is 0 Å². The Bertz CT molecular complexity index is 403. The van der Waals surface area contributed by atoms with E-state index in [0.717, 1.165) is 25.8 Å². The Morgan fingerprint density at radius 3 is 2.88 bits per heavy atom. The molecule has 1 saturated heterocycles. The van der Waals surface area contributed by atoms with Crippen molar-refractivity contribution >= 4 is 5.69 Å². The van der Waals surface area contributed by atoms with Gasteiger partial charge in [0.15, 0.2) is 0 Å². The highest BCUT2D eigenvalue weighted by molar-refractivity contribution is 5.37. The molecule has 0 unspecified atom stereocenters. The van der Waals surface area contributed by atoms with E-state index < -0.39 is 4.92 Å². The van der Waals surface area contributed by atoms with E-state index >= 15 is 0 Å². The molecule has 1 heterocycles. The van der Waals surface area contributed by atoms with Crippen molar-refractivity contribution < 1.29 is 9.31 Å². The summed E-state index contributed by atoms with van der Waals surface area (Å²) < 4.78 is 13.6. The monoisotopic (exact) mass is 224 g/mol. The second-order valence-corrected chi connectivity index (χ2v) is 3.97. The summed E-state index contributed by atoms with van der Waals surface area (Å²) in [4.78, 5) is 10.1. The van der Waals surface area contributed by atoms with Crippen LogP contribution in [0, 0.1) is 15.9 Å². The van der Waals surface area contributed by atoms with E-state index in [1.54, 1.807) is 0 Å². The van der Waals surface area contributed by atoms with Gasteiger partial charge in [-0.3, -0.25) is 10.1 Å². The zero-order chi connectivity index (χ0) is 11.5. The van der Waals surface area contributed by atoms with Gasteiger partial charge in [0, 0.05) is 23.7 Å². The van der Waals surface area contributed by atoms with Crippen LogP contribution in [0.25, 0.3) is 0 Å². The maximum Gasteiger partial charge on any atom is 0.269 e. The van der Waals surface area contributed by atoms with Crippen LogP contribution in [0.3, 0.4) is 0 Å². The molecule has 2 rings (SSSR count). The lowest BCUT2D eigenvalue weighted by molar-refractivity contribution is -0.385. The van der Waals surface area contributed by atoms with Crippen LogP contribution < -0.4 is 5.32 Å². The standard InChI is InChI=1S/C11H13FN2O2/c12-10-5-4-8(14(15)16)7-9(10)11-3-1-2-6-13-11/h4-5,7,11,13H,1-3,6H2/t11-/m0/s1. The predicted octanol–water partition coefficient (Wildman–Crippen LogP) is 2.55. The number of non-ortho nitro benzene ring substituents is 1. The first-order valence-corrected chi connectivity index (χ1v) is 5.35. The molecule has 86 valence electrons. The largest absolute Gasteiger partial charge is 0.310 e. The lowest BCUT2D eigenvalue weighted by atomic mass is 9.97. The highest BCUT2D eigenvalue weighted by Crippen LogP contribution is 2.27. The van der Waals surface area contributed by atoms with Gasteiger partial charge < -0.3 is 5.32 Å². The lowest BCUT2D eigenvalue weighted by Gasteiger charge is -2.23. The molecule has 16 heavy (non-hydrogen) atoms. The molecule has 0 aromatic heterocycles. The maximum atomic E-state index is 13.6. The summed E-state index contributed by atoms with van der Waals surface area (Å²) in [6.07, 6.45) is 2.94. The zero-order valence-corrected chi connectivity index (χ0v) is 8.78. The van der Waals surface area contributed by atoms with Crippen LogP contribution in [-0.4, -0.2) is 11.5 Å². The van der Waals surface area contributed by atoms with Gasteiger partial charge in [-0.2, -0.15) is 0 Å². The molecule has 0 saturated carbocycles. The van der Waals surface area contributed by atoms with Crippen molar-refractivity contribution in [3.05, 3.63) is 39.7 Å². The third-order valence-corrected chi connectivity index (χ3v) is 2.88. The van der Waals surface area contributed by atoms with Gasteiger partial charge >= 0.3 is 0 Å². The highest BCUT2D eigenvalue weighted by Gasteiger charge is 2.20. The van der Waals surface area contributed by atoms with Crippen molar-refractivity contribution in [1.29, 1.82) is 0 Å². The number of nitro groups is 1. The zero-order valence-electron chi connectivity index (χ0n) is 8.78. The summed E-state index contributed by atoms with van der Waals surface area (Å²) in [6, 6.07) is 3.61. The molecule has 0 aliphatic carbocycles. The third kappa shape index (κ3) is 2.19. The van der Waals surface area contributed by atoms with Crippen molar-refractivity contribution in [2.24, 2.45) is 0 Å². The minimum absolute atomic E-state index is 0.0521. The van der Waals surface area contributed by atoms with Gasteiger partial charge in [-0.25, -0.2) is 4.39 Å². The smallest absolute Gasteiger partial charge is 0.269 e. The summed E-state index contributed by atoms with van der Waals surface area (Å²) in [7, 11) is 0. The molecule has 1 aromatic carbocycles. The van der Waals surface area contributed by atoms with Gasteiger partial charge in [0.1, 0.15) is 5.82 Å². The number of halogens is 1. The lowest BCUT2D eigenvalue weighted by Crippen LogP contribution is -2.27. The van der Waals surface area contributed by atoms with E-state index in [1.165, 1.54) is 18.2 Å². The molecule has 0 spiro atoms. The Kier molecular flexibility index (Phi) is 3.14. The maximum absolute atomic E-state index is 13.6. The Morgan fingerprint density at radius 1 is 1.44 bits per heavy atom. The Hall–Kier alpha value is -1.49. The Balaban J connectivity index is 2.30. The molecule has 1 aliphatic rings. The second kappa shape index (κ2) is 4.57. The molecule has 1 fully saturated rings. The van der Waals surface area contributed by atoms with Crippen molar-refractivity contribution in [3.8, 4) is 0 Å². The molecule has 0 amide bonds. The predicted molar refractivity (Wildman–Crippen MR) is 57.6 cm³/mol. The van der Waals surface area contributed by atoms with Crippen LogP contribution in [0.4, 0.5) is 10.1 Å². The minimum Gasteiger partial charge on any atom is -0.310 e. The topological polar surface area (TPSA) is 55.2 Å². The van der Waals surface area contributed by atoms with Gasteiger partial charge in [-0.15, -0.1) is 0 Å². The first-order chi connectivity index (χ1) is 7.68. The van der Waals surface area contributed by atoms with Gasteiger partial charge in [0.05, 0.1) is 4.92 Å². The molecule has 4 nitrogen and oxygen atoms in total. The first-order valence-electron chi connectivity index (χ1n) is 5.35. The van der Waals surface area contributed by atoms with E-state index in [1.807, 2.05) is 0 Å². The summed E-state index contributed by atoms with van der Waals surface area (Å²) in [5.74, 6) is -0.370. The first kappa shape index (κ1) is 11.0. The van der Waals surface area contributed by atoms with Crippen molar-refractivity contribution in [2.75, 3.05) is 6.54 Å². The summed E-state index contributed by atoms with van der Waals surface area (Å²) in [5, 5.41) is 13.8. The molecule has 1 N–H and O–H groups in total. The van der Waals surface area contributed by atoms with Gasteiger partial charge in [0.25, 0.3) is 5.69 Å². The van der Waals surface area contributed by atoms with Crippen LogP contribution in [-0.2, 0) is 0 Å². The van der Waals surface area contributed by atoms with Crippen molar-refractivity contribution in [3.63, 3.8) is 0 Å². The molecule has 0 bridgehead atoms. The van der Waals surface area contributed by atoms with Crippen LogP contribution in [0.5, 0.6) is 0 Å². The van der Waals surface area contributed by atoms with Crippen molar-refractivity contribution in [2.45, 2.75) is 25.3 Å². The molecule has 1 aromatic rings. The molecule has 0 radical (unpaired) electrons. The number of benzene rings is 1. The minimum atomic E-state index is -0.494. The fraction of sp³-hybridized carbons (Fsp3) is 0.455. The molecular formula is C11H13FN2O2. The van der Waals surface area contributed by atoms with E-state index in [9.17, 15) is 14.5 Å². The molecule has 1 atom stereocenters. The van der Waals surface area contributed by atoms with Gasteiger partial charge in [0.2, 0.25) is 0 Å². The average Bonchev–Trinajstić information content (AvgIpc) is 2.30. The summed E-state index contributed by atoms with van der Waals surface area (Å²) >= 11 is 0. The van der Waals surface area contributed by atoms with Crippen LogP contribution in [0.15, 0.2) is 18.2 Å². The molecule has 1 aliphatic heterocycles. The summed E-state index contributed by atoms with van der Waals surface area (Å²) in [5.41, 5.74) is 0.359. The number of nitro benzene ring substituents is 1. The average molecular weight is 224 g/mol. The highest BCUT2D eigenvalue weighted by atomic mass is 19.1. The van der Waals surface area contributed by atoms with E-state index in [2.05, 4.69) is 5.32 Å². The Morgan fingerprint density at radius 2 is 2.25 bits per heavy atom. The van der Waals surface area contributed by atoms with Gasteiger partial charge in [-0.05, 0) is 25.5 Å². The molecule has 5 heteroatoms. The number of nitrogens with zero attached hydrogens (tertiary/aromatic N) is 1. The fourth-order valence-electron chi connectivity index (χ4n) is 2.03. The number of hydrogen-bond donors (Lipinski definition) is 1. The number of hydrogen-bond acceptors (Lipinski definition) is 3. The quantitative estimate of drug-likeness (QED) is 0.620. The van der Waals surface area contributed by atoms with Crippen molar-refractivity contribution in [1.82, 2.24) is 5.32 Å². The normalized spacial score (nSPS) is 20.7. The van der Waals surface area contributed by atoms with E-state index in [-0.39, 0.29) is 17.5 Å². The van der Waals surface area contributed by atoms with Gasteiger partial charge in [-0.1, -0.05) is 6.42 Å². The number of rotatable bonds is 2. The molecular weight excluding hydrogens is 211 g/mol. The van der Waals surface area contributed by atoms with E-state index in [4.69, 9.17) is 0 Å². The number of piperidine rings is 1.